The summed E-state index contributed by atoms with van der Waals surface area (Å²) in [6, 6.07) is 19.6. The lowest BCUT2D eigenvalue weighted by atomic mass is 9.88. The van der Waals surface area contributed by atoms with E-state index in [0.717, 1.165) is 16.5 Å². The largest absolute Gasteiger partial charge is 0.463 e. The van der Waals surface area contributed by atoms with Crippen molar-refractivity contribution in [1.29, 1.82) is 0 Å². The molecule has 14 nitrogen and oxygen atoms in total. The van der Waals surface area contributed by atoms with Gasteiger partial charge in [-0.05, 0) is 35.0 Å². The molecule has 3 aromatic carbocycles. The van der Waals surface area contributed by atoms with Gasteiger partial charge in [0.25, 0.3) is 5.91 Å². The van der Waals surface area contributed by atoms with Crippen molar-refractivity contribution in [3.8, 4) is 0 Å². The van der Waals surface area contributed by atoms with E-state index in [4.69, 9.17) is 28.4 Å². The van der Waals surface area contributed by atoms with E-state index in [1.54, 1.807) is 25.1 Å². The molecule has 1 aliphatic rings. The Labute approximate surface area is 302 Å². The molecular formula is C38H47N3O11. The Morgan fingerprint density at radius 1 is 0.769 bits per heavy atom. The Morgan fingerprint density at radius 2 is 1.46 bits per heavy atom. The van der Waals surface area contributed by atoms with Gasteiger partial charge in [-0.25, -0.2) is 0 Å². The number of amides is 2. The van der Waals surface area contributed by atoms with Gasteiger partial charge in [-0.2, -0.15) is 0 Å². The van der Waals surface area contributed by atoms with Crippen molar-refractivity contribution in [1.82, 2.24) is 10.6 Å². The maximum atomic E-state index is 12.7. The summed E-state index contributed by atoms with van der Waals surface area (Å²) in [7, 11) is 0. The predicted octanol–water partition coefficient (Wildman–Crippen LogP) is 3.27. The Hall–Kier alpha value is -4.89. The van der Waals surface area contributed by atoms with Crippen molar-refractivity contribution in [2.45, 2.75) is 52.2 Å². The van der Waals surface area contributed by atoms with Gasteiger partial charge in [0, 0.05) is 50.0 Å². The number of esters is 2. The number of ether oxygens (including phenoxy) is 6. The van der Waals surface area contributed by atoms with Crippen LogP contribution in [0.5, 0.6) is 0 Å². The summed E-state index contributed by atoms with van der Waals surface area (Å²) in [4.78, 5) is 60.2. The molecule has 3 aromatic rings. The van der Waals surface area contributed by atoms with Crippen LogP contribution in [0.15, 0.2) is 66.7 Å². The molecule has 0 saturated carbocycles. The smallest absolute Gasteiger partial charge is 0.303 e. The van der Waals surface area contributed by atoms with Crippen LogP contribution >= 0.6 is 0 Å². The third-order valence-electron chi connectivity index (χ3n) is 8.24. The molecule has 1 aliphatic heterocycles. The molecule has 280 valence electrons. The Balaban J connectivity index is 1.13. The molecule has 0 spiro atoms. The van der Waals surface area contributed by atoms with E-state index in [1.165, 1.54) is 20.8 Å². The topological polar surface area (TPSA) is 177 Å². The van der Waals surface area contributed by atoms with Crippen molar-refractivity contribution >= 4 is 46.0 Å². The van der Waals surface area contributed by atoms with E-state index in [1.807, 2.05) is 48.5 Å². The molecule has 0 bridgehead atoms. The van der Waals surface area contributed by atoms with Crippen LogP contribution in [0.25, 0.3) is 10.8 Å². The fraction of sp³-hybridized carbons (Fsp3) is 0.447. The second-order valence-electron chi connectivity index (χ2n) is 12.3. The summed E-state index contributed by atoms with van der Waals surface area (Å²) in [5, 5.41) is 10.7. The Bertz CT molecular complexity index is 1670. The molecular weight excluding hydrogens is 674 g/mol. The van der Waals surface area contributed by atoms with E-state index in [2.05, 4.69) is 16.0 Å². The van der Waals surface area contributed by atoms with Crippen LogP contribution in [0.4, 0.5) is 5.69 Å². The first kappa shape index (κ1) is 39.9. The number of ketones is 1. The van der Waals surface area contributed by atoms with Gasteiger partial charge >= 0.3 is 11.9 Å². The van der Waals surface area contributed by atoms with Crippen molar-refractivity contribution in [3.63, 3.8) is 0 Å². The number of Topliss-reactive ketones (excluding diaryl/α,β-unsaturated/α-hetero) is 1. The first-order valence-corrected chi connectivity index (χ1v) is 17.2. The standard InChI is InChI=1S/C38H47N3O11/c1-24-35(41-25(2)42)38(52-34(23-50-26(3)43)36(24)51-27(4)44)49-19-18-48-17-16-47-15-14-39-37(46)31-11-10-30-21-32(13-12-29(30)20-31)40-22-33(45)28-8-6-5-7-9-28/h5-13,20-21,24,34-36,38,40H,14-19,22-23H2,1-4H3,(H,39,46)(H,41,42)/t24-,34?,35?,36-,38-/m1/s1. The number of hydrogen-bond donors (Lipinski definition) is 3. The number of fused-ring (bicyclic) bond motifs is 1. The highest BCUT2D eigenvalue weighted by Crippen LogP contribution is 2.30. The molecule has 0 radical (unpaired) electrons. The number of rotatable bonds is 19. The molecule has 1 fully saturated rings. The second-order valence-corrected chi connectivity index (χ2v) is 12.3. The van der Waals surface area contributed by atoms with Crippen LogP contribution in [0, 0.1) is 5.92 Å². The van der Waals surface area contributed by atoms with Crippen molar-refractivity contribution < 1.29 is 52.4 Å². The summed E-state index contributed by atoms with van der Waals surface area (Å²) >= 11 is 0. The number of benzene rings is 3. The Morgan fingerprint density at radius 3 is 2.17 bits per heavy atom. The third-order valence-corrected chi connectivity index (χ3v) is 8.24. The SMILES string of the molecule is CC(=O)NC1[C@H](OCCOCCOCCNC(=O)c2ccc3cc(NCC(=O)c4ccccc4)ccc3c2)OC(COC(C)=O)[C@H](OC(C)=O)[C@@H]1C. The number of carbonyl (C=O) groups is 5. The third kappa shape index (κ3) is 12.4. The van der Waals surface area contributed by atoms with Crippen LogP contribution in [0.1, 0.15) is 48.4 Å². The minimum Gasteiger partial charge on any atom is -0.463 e. The monoisotopic (exact) mass is 721 g/mol. The second kappa shape index (κ2) is 20.2. The lowest BCUT2D eigenvalue weighted by Crippen LogP contribution is -2.62. The molecule has 0 aliphatic carbocycles. The zero-order valence-corrected chi connectivity index (χ0v) is 29.9. The summed E-state index contributed by atoms with van der Waals surface area (Å²) in [6.07, 6.45) is -2.48. The van der Waals surface area contributed by atoms with Crippen molar-refractivity contribution in [2.75, 3.05) is 58.0 Å². The van der Waals surface area contributed by atoms with Crippen molar-refractivity contribution in [3.05, 3.63) is 77.9 Å². The average Bonchev–Trinajstić information content (AvgIpc) is 3.12. The number of anilines is 1. The zero-order chi connectivity index (χ0) is 37.5. The van der Waals surface area contributed by atoms with Crippen LogP contribution in [0.3, 0.4) is 0 Å². The lowest BCUT2D eigenvalue weighted by Gasteiger charge is -2.44. The van der Waals surface area contributed by atoms with Gasteiger partial charge in [0.05, 0.1) is 45.6 Å². The van der Waals surface area contributed by atoms with Crippen LogP contribution in [-0.4, -0.2) is 107 Å². The van der Waals surface area contributed by atoms with E-state index < -0.39 is 42.4 Å². The molecule has 0 aromatic heterocycles. The van der Waals surface area contributed by atoms with Gasteiger partial charge in [0.2, 0.25) is 5.91 Å². The van der Waals surface area contributed by atoms with E-state index in [9.17, 15) is 24.0 Å². The molecule has 5 atom stereocenters. The summed E-state index contributed by atoms with van der Waals surface area (Å²) < 4.78 is 33.6. The van der Waals surface area contributed by atoms with E-state index in [0.29, 0.717) is 24.3 Å². The normalized spacial score (nSPS) is 19.7. The summed E-state index contributed by atoms with van der Waals surface area (Å²) in [5.41, 5.74) is 1.99. The van der Waals surface area contributed by atoms with Crippen LogP contribution in [0.2, 0.25) is 0 Å². The first-order chi connectivity index (χ1) is 25.0. The summed E-state index contributed by atoms with van der Waals surface area (Å²) in [6.45, 7) is 7.20. The maximum Gasteiger partial charge on any atom is 0.303 e. The highest BCUT2D eigenvalue weighted by Gasteiger charge is 2.47. The number of carbonyl (C=O) groups excluding carboxylic acids is 5. The molecule has 52 heavy (non-hydrogen) atoms. The van der Waals surface area contributed by atoms with Gasteiger partial charge in [-0.3, -0.25) is 24.0 Å². The van der Waals surface area contributed by atoms with Gasteiger partial charge < -0.3 is 44.4 Å². The molecule has 14 heteroatoms. The van der Waals surface area contributed by atoms with Gasteiger partial charge in [-0.15, -0.1) is 0 Å². The predicted molar refractivity (Wildman–Crippen MR) is 191 cm³/mol. The Kier molecular flexibility index (Phi) is 15.5. The quantitative estimate of drug-likeness (QED) is 0.0937. The molecule has 3 N–H and O–H groups in total. The van der Waals surface area contributed by atoms with Crippen LogP contribution < -0.4 is 16.0 Å². The number of nitrogens with one attached hydrogen (secondary N) is 3. The highest BCUT2D eigenvalue weighted by molar-refractivity contribution is 6.00. The fourth-order valence-corrected chi connectivity index (χ4v) is 5.70. The average molecular weight is 722 g/mol. The van der Waals surface area contributed by atoms with Gasteiger partial charge in [0.15, 0.2) is 12.1 Å². The van der Waals surface area contributed by atoms with Gasteiger partial charge in [-0.1, -0.05) is 49.4 Å². The maximum absolute atomic E-state index is 12.7. The highest BCUT2D eigenvalue weighted by atomic mass is 16.7. The van der Waals surface area contributed by atoms with Gasteiger partial charge in [0.1, 0.15) is 18.8 Å². The van der Waals surface area contributed by atoms with E-state index in [-0.39, 0.29) is 57.2 Å². The first-order valence-electron chi connectivity index (χ1n) is 17.2. The van der Waals surface area contributed by atoms with E-state index >= 15 is 0 Å². The zero-order valence-electron chi connectivity index (χ0n) is 29.9. The van der Waals surface area contributed by atoms with Crippen LogP contribution in [-0.2, 0) is 42.8 Å². The summed E-state index contributed by atoms with van der Waals surface area (Å²) in [5.74, 6) is -1.99. The molecule has 2 amide bonds. The lowest BCUT2D eigenvalue weighted by molar-refractivity contribution is -0.264. The minimum atomic E-state index is -0.908. The fourth-order valence-electron chi connectivity index (χ4n) is 5.70. The molecule has 2 unspecified atom stereocenters. The molecule has 4 rings (SSSR count). The van der Waals surface area contributed by atoms with Crippen molar-refractivity contribution in [2.24, 2.45) is 5.92 Å². The molecule has 1 heterocycles. The minimum absolute atomic E-state index is 0.000606. The molecule has 1 saturated heterocycles. The number of hydrogen-bond acceptors (Lipinski definition) is 12.